The van der Waals surface area contributed by atoms with Crippen molar-refractivity contribution < 1.29 is 9.18 Å². The quantitative estimate of drug-likeness (QED) is 0.219. The molecule has 2 aromatic heterocycles. The van der Waals surface area contributed by atoms with Gasteiger partial charge in [0.1, 0.15) is 5.52 Å². The first-order valence-corrected chi connectivity index (χ1v) is 16.6. The van der Waals surface area contributed by atoms with Gasteiger partial charge in [0, 0.05) is 64.3 Å². The van der Waals surface area contributed by atoms with Crippen molar-refractivity contribution in [1.29, 1.82) is 5.26 Å². The normalized spacial score (nSPS) is 27.2. The van der Waals surface area contributed by atoms with Crippen LogP contribution in [-0.4, -0.2) is 39.0 Å². The number of rotatable bonds is 6. The summed E-state index contributed by atoms with van der Waals surface area (Å²) in [7, 11) is 0. The number of hydrogen-bond acceptors (Lipinski definition) is 4. The minimum absolute atomic E-state index is 0. The summed E-state index contributed by atoms with van der Waals surface area (Å²) in [4.78, 5) is 20.8. The number of amides is 1. The minimum atomic E-state index is -0.443. The molecule has 6 nitrogen and oxygen atoms in total. The van der Waals surface area contributed by atoms with Crippen molar-refractivity contribution in [3.05, 3.63) is 63.1 Å². The summed E-state index contributed by atoms with van der Waals surface area (Å²) < 4.78 is 19.4. The zero-order chi connectivity index (χ0) is 30.0. The molecule has 0 unspecified atom stereocenters. The van der Waals surface area contributed by atoms with Gasteiger partial charge in [-0.25, -0.2) is 9.37 Å². The number of nitrogens with zero attached hydrogens (tertiary/aromatic N) is 4. The van der Waals surface area contributed by atoms with Crippen LogP contribution in [0.25, 0.3) is 32.9 Å². The molecule has 6 atom stereocenters. The number of benzene rings is 2. The van der Waals surface area contributed by atoms with E-state index in [1.54, 1.807) is 18.2 Å². The van der Waals surface area contributed by atoms with E-state index >= 15 is 4.39 Å². The van der Waals surface area contributed by atoms with Gasteiger partial charge in [0.2, 0.25) is 5.91 Å². The van der Waals surface area contributed by atoms with E-state index in [1.165, 1.54) is 5.69 Å². The fourth-order valence-electron chi connectivity index (χ4n) is 8.68. The molecule has 2 aromatic carbocycles. The molecular formula is C35H34Cl4FN5O. The lowest BCUT2D eigenvalue weighted by Crippen LogP contribution is -2.41. The average molecular weight is 702 g/mol. The largest absolute Gasteiger partial charge is 0.337 e. The Labute approximate surface area is 289 Å². The van der Waals surface area contributed by atoms with Crippen LogP contribution in [0.2, 0.25) is 10.0 Å². The van der Waals surface area contributed by atoms with Crippen LogP contribution in [-0.2, 0) is 11.2 Å². The van der Waals surface area contributed by atoms with E-state index in [9.17, 15) is 10.1 Å². The Morgan fingerprint density at radius 2 is 1.93 bits per heavy atom. The summed E-state index contributed by atoms with van der Waals surface area (Å²) in [6.45, 7) is 2.92. The number of halogens is 5. The van der Waals surface area contributed by atoms with E-state index in [4.69, 9.17) is 28.2 Å². The van der Waals surface area contributed by atoms with Gasteiger partial charge in [-0.05, 0) is 81.0 Å². The predicted octanol–water partition coefficient (Wildman–Crippen LogP) is 8.52. The first kappa shape index (κ1) is 32.0. The molecule has 1 amide bonds. The van der Waals surface area contributed by atoms with Crippen molar-refractivity contribution >= 4 is 75.7 Å². The van der Waals surface area contributed by atoms with Gasteiger partial charge in [-0.2, -0.15) is 5.26 Å². The molecule has 2 bridgehead atoms. The lowest BCUT2D eigenvalue weighted by molar-refractivity contribution is -0.134. The van der Waals surface area contributed by atoms with E-state index in [1.807, 2.05) is 13.0 Å². The number of fused-ring (bicyclic) bond motifs is 5. The second-order valence-corrected chi connectivity index (χ2v) is 14.4. The maximum absolute atomic E-state index is 17.0. The zero-order valence-electron chi connectivity index (χ0n) is 25.2. The maximum atomic E-state index is 17.0. The highest BCUT2D eigenvalue weighted by Crippen LogP contribution is 2.57. The monoisotopic (exact) mass is 699 g/mol. The fraction of sp³-hybridized carbons (Fsp3) is 0.457. The Bertz CT molecular complexity index is 1950. The molecule has 5 heterocycles. The Balaban J connectivity index is 0.00000169. The number of pyridine rings is 1. The molecule has 240 valence electrons. The van der Waals surface area contributed by atoms with Crippen LogP contribution in [0.5, 0.6) is 0 Å². The van der Waals surface area contributed by atoms with Crippen molar-refractivity contribution in [3.8, 4) is 17.2 Å². The average Bonchev–Trinajstić information content (AvgIpc) is 3.78. The molecular weight excluding hydrogens is 667 g/mol. The van der Waals surface area contributed by atoms with Gasteiger partial charge < -0.3 is 14.8 Å². The van der Waals surface area contributed by atoms with Gasteiger partial charge in [0.25, 0.3) is 0 Å². The van der Waals surface area contributed by atoms with E-state index in [0.717, 1.165) is 60.6 Å². The number of nitrogens with one attached hydrogen (secondary N) is 1. The predicted molar refractivity (Wildman–Crippen MR) is 184 cm³/mol. The number of aryl methyl sites for hydroxylation is 2. The van der Waals surface area contributed by atoms with Crippen molar-refractivity contribution in [1.82, 2.24) is 19.8 Å². The van der Waals surface area contributed by atoms with E-state index in [0.29, 0.717) is 63.5 Å². The standard InChI is InChI=1S/C35H32Cl2FN5O.2ClH/c1-16-22-14-28(27-13-19-12-26(19)42(27)35(44)17-7-8-17)43(33-20-11-25(33)40-15-20)34(22)23-10-18(4-3-9-39)29(31(38)32(23)41-16)21-5-2-6-24(36)30(21)37;;/h2,5-6,10,14,17,19-20,25-27,33,40H,3-4,7-8,11-13,15H2,1H3;2*1H/t19-,20-,25-,26-,27-,33+;;/m1../s1. The SMILES string of the molecule is Cc1nc2c(F)c(-c3cccc(Cl)c3Cl)c(CCC#N)cc2c2c1cc([C@H]1C[C@H]3C[C@H]3N1C(=O)C1CC1)n2[C@H]1[C@H]2CN[C@@H]1C2.Cl.Cl. The van der Waals surface area contributed by atoms with Gasteiger partial charge in [-0.3, -0.25) is 4.79 Å². The number of hydrogen-bond donors (Lipinski definition) is 1. The van der Waals surface area contributed by atoms with Gasteiger partial charge in [0.15, 0.2) is 5.82 Å². The van der Waals surface area contributed by atoms with Crippen LogP contribution in [0.4, 0.5) is 4.39 Å². The van der Waals surface area contributed by atoms with Crippen molar-refractivity contribution in [2.45, 2.75) is 76.0 Å². The Morgan fingerprint density at radius 1 is 1.13 bits per heavy atom. The van der Waals surface area contributed by atoms with Crippen LogP contribution in [0.1, 0.15) is 67.6 Å². The molecule has 10 rings (SSSR count). The first-order chi connectivity index (χ1) is 21.4. The van der Waals surface area contributed by atoms with Crippen LogP contribution in [0, 0.1) is 41.8 Å². The molecule has 6 fully saturated rings. The van der Waals surface area contributed by atoms with Crippen molar-refractivity contribution in [2.24, 2.45) is 17.8 Å². The zero-order valence-corrected chi connectivity index (χ0v) is 28.4. The van der Waals surface area contributed by atoms with Gasteiger partial charge in [0.05, 0.1) is 33.7 Å². The summed E-state index contributed by atoms with van der Waals surface area (Å²) in [6, 6.07) is 12.7. The minimum Gasteiger partial charge on any atom is -0.337 e. The third-order valence-electron chi connectivity index (χ3n) is 11.1. The molecule has 1 N–H and O–H groups in total. The number of carbonyl (C=O) groups is 1. The molecule has 3 aliphatic heterocycles. The van der Waals surface area contributed by atoms with Gasteiger partial charge >= 0.3 is 0 Å². The number of piperidine rings is 1. The lowest BCUT2D eigenvalue weighted by atomic mass is 9.79. The van der Waals surface area contributed by atoms with E-state index in [2.05, 4.69) is 26.9 Å². The van der Waals surface area contributed by atoms with Gasteiger partial charge in [-0.15, -0.1) is 24.8 Å². The molecule has 11 heteroatoms. The second kappa shape index (κ2) is 11.5. The Morgan fingerprint density at radius 3 is 2.63 bits per heavy atom. The third kappa shape index (κ3) is 4.58. The van der Waals surface area contributed by atoms with Crippen LogP contribution < -0.4 is 5.32 Å². The molecule has 46 heavy (non-hydrogen) atoms. The Kier molecular flexibility index (Phi) is 8.01. The van der Waals surface area contributed by atoms with E-state index < -0.39 is 5.82 Å². The summed E-state index contributed by atoms with van der Waals surface area (Å²) in [5.41, 5.74) is 4.79. The summed E-state index contributed by atoms with van der Waals surface area (Å²) in [5, 5.41) is 15.6. The Hall–Kier alpha value is -2.60. The fourth-order valence-corrected chi connectivity index (χ4v) is 9.07. The summed E-state index contributed by atoms with van der Waals surface area (Å²) >= 11 is 13.0. The molecule has 3 saturated carbocycles. The number of carbonyl (C=O) groups excluding carboxylic acids is 1. The highest BCUT2D eigenvalue weighted by Gasteiger charge is 2.58. The van der Waals surface area contributed by atoms with Crippen LogP contribution >= 0.6 is 48.0 Å². The maximum Gasteiger partial charge on any atom is 0.226 e. The summed E-state index contributed by atoms with van der Waals surface area (Å²) in [5.74, 6) is 1.12. The third-order valence-corrected chi connectivity index (χ3v) is 11.9. The van der Waals surface area contributed by atoms with E-state index in [-0.39, 0.29) is 54.3 Å². The molecule has 6 aliphatic rings. The molecule has 0 radical (unpaired) electrons. The smallest absolute Gasteiger partial charge is 0.226 e. The molecule has 4 aromatic rings. The molecule has 0 spiro atoms. The highest BCUT2D eigenvalue weighted by molar-refractivity contribution is 6.43. The molecule has 3 aliphatic carbocycles. The van der Waals surface area contributed by atoms with Crippen LogP contribution in [0.3, 0.4) is 0 Å². The number of nitriles is 1. The van der Waals surface area contributed by atoms with Crippen LogP contribution in [0.15, 0.2) is 30.3 Å². The van der Waals surface area contributed by atoms with Gasteiger partial charge in [-0.1, -0.05) is 35.3 Å². The van der Waals surface area contributed by atoms with Crippen molar-refractivity contribution in [3.63, 3.8) is 0 Å². The van der Waals surface area contributed by atoms with Crippen molar-refractivity contribution in [2.75, 3.05) is 6.54 Å². The summed E-state index contributed by atoms with van der Waals surface area (Å²) in [6.07, 6.45) is 5.83. The highest BCUT2D eigenvalue weighted by atomic mass is 35.5. The number of likely N-dealkylation sites (tertiary alicyclic amines) is 1. The number of aromatic nitrogens is 2. The molecule has 3 saturated heterocycles. The lowest BCUT2D eigenvalue weighted by Gasteiger charge is -2.40. The second-order valence-electron chi connectivity index (χ2n) is 13.6. The first-order valence-electron chi connectivity index (χ1n) is 15.9. The topological polar surface area (TPSA) is 74.0 Å².